The van der Waals surface area contributed by atoms with E-state index in [4.69, 9.17) is 4.74 Å². The number of carbonyl (C=O) groups excluding carboxylic acids is 2. The highest BCUT2D eigenvalue weighted by Crippen LogP contribution is 2.28. The van der Waals surface area contributed by atoms with E-state index in [2.05, 4.69) is 15.3 Å². The number of likely N-dealkylation sites (tertiary alicyclic amines) is 1. The maximum absolute atomic E-state index is 13.3. The van der Waals surface area contributed by atoms with Gasteiger partial charge >= 0.3 is 0 Å². The van der Waals surface area contributed by atoms with E-state index >= 15 is 0 Å². The van der Waals surface area contributed by atoms with Gasteiger partial charge in [0.25, 0.3) is 5.91 Å². The monoisotopic (exact) mass is 458 g/mol. The minimum atomic E-state index is -0.260. The summed E-state index contributed by atoms with van der Waals surface area (Å²) >= 11 is 0. The van der Waals surface area contributed by atoms with Crippen LogP contribution >= 0.6 is 0 Å². The van der Waals surface area contributed by atoms with Gasteiger partial charge in [0, 0.05) is 42.3 Å². The predicted octanol–water partition coefficient (Wildman–Crippen LogP) is 4.47. The Morgan fingerprint density at radius 2 is 1.91 bits per heavy atom. The van der Waals surface area contributed by atoms with Gasteiger partial charge in [-0.2, -0.15) is 0 Å². The normalized spacial score (nSPS) is 15.6. The van der Waals surface area contributed by atoms with Crippen LogP contribution in [-0.2, 0) is 11.4 Å². The van der Waals surface area contributed by atoms with E-state index in [0.717, 1.165) is 41.0 Å². The van der Waals surface area contributed by atoms with Crippen LogP contribution in [0.3, 0.4) is 0 Å². The second kappa shape index (κ2) is 10.5. The first-order valence-electron chi connectivity index (χ1n) is 11.6. The zero-order chi connectivity index (χ0) is 24.1. The largest absolute Gasteiger partial charge is 0.488 e. The Kier molecular flexibility index (Phi) is 7.21. The van der Waals surface area contributed by atoms with E-state index in [0.29, 0.717) is 31.1 Å². The van der Waals surface area contributed by atoms with E-state index in [9.17, 15) is 9.59 Å². The molecule has 1 fully saturated rings. The van der Waals surface area contributed by atoms with Crippen LogP contribution in [0.5, 0.6) is 5.75 Å². The van der Waals surface area contributed by atoms with Crippen LogP contribution in [0.2, 0.25) is 0 Å². The van der Waals surface area contributed by atoms with Crippen LogP contribution in [0, 0.1) is 26.7 Å². The van der Waals surface area contributed by atoms with Crippen molar-refractivity contribution in [3.8, 4) is 5.75 Å². The molecule has 7 heteroatoms. The summed E-state index contributed by atoms with van der Waals surface area (Å²) in [5.74, 6) is 0.908. The fourth-order valence-corrected chi connectivity index (χ4v) is 4.34. The van der Waals surface area contributed by atoms with Gasteiger partial charge in [-0.05, 0) is 75.1 Å². The molecule has 0 bridgehead atoms. The molecule has 0 radical (unpaired) electrons. The summed E-state index contributed by atoms with van der Waals surface area (Å²) in [7, 11) is 0. The average molecular weight is 459 g/mol. The van der Waals surface area contributed by atoms with Crippen molar-refractivity contribution in [1.82, 2.24) is 14.9 Å². The van der Waals surface area contributed by atoms with Crippen molar-refractivity contribution in [1.29, 1.82) is 0 Å². The second-order valence-electron chi connectivity index (χ2n) is 8.83. The number of aryl methyl sites for hydroxylation is 3. The number of aromatic nitrogens is 2. The quantitative estimate of drug-likeness (QED) is 0.589. The van der Waals surface area contributed by atoms with Crippen LogP contribution in [0.25, 0.3) is 0 Å². The zero-order valence-corrected chi connectivity index (χ0v) is 19.9. The molecule has 0 saturated carbocycles. The lowest BCUT2D eigenvalue weighted by Gasteiger charge is -2.32. The molecule has 1 aromatic carbocycles. The molecule has 1 aliphatic heterocycles. The molecule has 1 saturated heterocycles. The molecular formula is C27H30N4O3. The smallest absolute Gasteiger partial charge is 0.253 e. The van der Waals surface area contributed by atoms with Crippen LogP contribution in [0.4, 0.5) is 5.82 Å². The van der Waals surface area contributed by atoms with Crippen LogP contribution in [-0.4, -0.2) is 39.8 Å². The molecule has 0 aliphatic carbocycles. The first kappa shape index (κ1) is 23.4. The number of hydrogen-bond donors (Lipinski definition) is 1. The molecular weight excluding hydrogens is 428 g/mol. The predicted molar refractivity (Wildman–Crippen MR) is 131 cm³/mol. The lowest BCUT2D eigenvalue weighted by atomic mass is 9.96. The van der Waals surface area contributed by atoms with Gasteiger partial charge in [0.15, 0.2) is 0 Å². The molecule has 1 aliphatic rings. The Labute approximate surface area is 200 Å². The summed E-state index contributed by atoms with van der Waals surface area (Å²) in [6.45, 7) is 7.24. The number of rotatable bonds is 6. The van der Waals surface area contributed by atoms with Crippen molar-refractivity contribution in [3.63, 3.8) is 0 Å². The molecule has 34 heavy (non-hydrogen) atoms. The number of piperidine rings is 1. The van der Waals surface area contributed by atoms with Gasteiger partial charge in [-0.15, -0.1) is 0 Å². The number of amides is 2. The van der Waals surface area contributed by atoms with Crippen molar-refractivity contribution < 1.29 is 14.3 Å². The lowest BCUT2D eigenvalue weighted by Crippen LogP contribution is -2.43. The molecule has 1 atom stereocenters. The molecule has 4 rings (SSSR count). The topological polar surface area (TPSA) is 84.4 Å². The van der Waals surface area contributed by atoms with Gasteiger partial charge in [-0.25, -0.2) is 4.98 Å². The van der Waals surface area contributed by atoms with Gasteiger partial charge in [0.05, 0.1) is 5.92 Å². The number of pyridine rings is 2. The number of benzene rings is 1. The zero-order valence-electron chi connectivity index (χ0n) is 19.9. The standard InChI is InChI=1S/C27H30N4O3/c1-18-13-23(14-19(2)25(18)34-17-21-8-5-11-28-15-21)27(33)31-12-6-9-22(16-31)26(32)30-24-10-4-7-20(3)29-24/h4-5,7-8,10-11,13-15,22H,6,9,12,16-17H2,1-3H3,(H,29,30,32). The van der Waals surface area contributed by atoms with E-state index < -0.39 is 0 Å². The van der Waals surface area contributed by atoms with Gasteiger partial charge in [0.1, 0.15) is 18.2 Å². The molecule has 2 amide bonds. The average Bonchev–Trinajstić information content (AvgIpc) is 2.83. The highest BCUT2D eigenvalue weighted by atomic mass is 16.5. The Morgan fingerprint density at radius 1 is 1.12 bits per heavy atom. The lowest BCUT2D eigenvalue weighted by molar-refractivity contribution is -0.121. The molecule has 176 valence electrons. The minimum Gasteiger partial charge on any atom is -0.488 e. The fraction of sp³-hybridized carbons (Fsp3) is 0.333. The third-order valence-corrected chi connectivity index (χ3v) is 6.03. The van der Waals surface area contributed by atoms with E-state index in [1.54, 1.807) is 23.4 Å². The van der Waals surface area contributed by atoms with Gasteiger partial charge in [0.2, 0.25) is 5.91 Å². The first-order chi connectivity index (χ1) is 16.4. The summed E-state index contributed by atoms with van der Waals surface area (Å²) in [4.78, 5) is 36.4. The molecule has 0 spiro atoms. The Bertz CT molecular complexity index is 1160. The Balaban J connectivity index is 1.42. The summed E-state index contributed by atoms with van der Waals surface area (Å²) in [6, 6.07) is 13.1. The van der Waals surface area contributed by atoms with Crippen molar-refractivity contribution in [2.45, 2.75) is 40.2 Å². The summed E-state index contributed by atoms with van der Waals surface area (Å²) in [5.41, 5.74) is 4.26. The molecule has 1 unspecified atom stereocenters. The summed E-state index contributed by atoms with van der Waals surface area (Å²) < 4.78 is 6.02. The molecule has 7 nitrogen and oxygen atoms in total. The fourth-order valence-electron chi connectivity index (χ4n) is 4.34. The molecule has 1 N–H and O–H groups in total. The van der Waals surface area contributed by atoms with E-state index in [1.807, 2.05) is 57.2 Å². The first-order valence-corrected chi connectivity index (χ1v) is 11.6. The van der Waals surface area contributed by atoms with Crippen LogP contribution in [0.15, 0.2) is 54.9 Å². The Hall–Kier alpha value is -3.74. The van der Waals surface area contributed by atoms with Gasteiger partial charge in [-0.1, -0.05) is 12.1 Å². The molecule has 3 aromatic rings. The van der Waals surface area contributed by atoms with Gasteiger partial charge < -0.3 is 15.0 Å². The van der Waals surface area contributed by atoms with Crippen LogP contribution in [0.1, 0.15) is 45.6 Å². The molecule has 3 heterocycles. The number of ether oxygens (including phenoxy) is 1. The van der Waals surface area contributed by atoms with Crippen LogP contribution < -0.4 is 10.1 Å². The summed E-state index contributed by atoms with van der Waals surface area (Å²) in [6.07, 6.45) is 5.05. The Morgan fingerprint density at radius 3 is 2.62 bits per heavy atom. The van der Waals surface area contributed by atoms with E-state index in [1.165, 1.54) is 0 Å². The van der Waals surface area contributed by atoms with Gasteiger partial charge in [-0.3, -0.25) is 14.6 Å². The number of hydrogen-bond acceptors (Lipinski definition) is 5. The second-order valence-corrected chi connectivity index (χ2v) is 8.83. The number of carbonyl (C=O) groups is 2. The maximum Gasteiger partial charge on any atom is 0.253 e. The maximum atomic E-state index is 13.3. The summed E-state index contributed by atoms with van der Waals surface area (Å²) in [5, 5.41) is 2.90. The third kappa shape index (κ3) is 5.60. The highest BCUT2D eigenvalue weighted by Gasteiger charge is 2.29. The van der Waals surface area contributed by atoms with Crippen molar-refractivity contribution in [2.24, 2.45) is 5.92 Å². The number of nitrogens with zero attached hydrogens (tertiary/aromatic N) is 3. The van der Waals surface area contributed by atoms with E-state index in [-0.39, 0.29) is 17.7 Å². The van der Waals surface area contributed by atoms with Crippen molar-refractivity contribution in [2.75, 3.05) is 18.4 Å². The highest BCUT2D eigenvalue weighted by molar-refractivity contribution is 5.96. The van der Waals surface area contributed by atoms with Crippen molar-refractivity contribution in [3.05, 3.63) is 82.8 Å². The number of anilines is 1. The molecule has 2 aromatic heterocycles. The SMILES string of the molecule is Cc1cccc(NC(=O)C2CCCN(C(=O)c3cc(C)c(OCc4cccnc4)c(C)c3)C2)n1. The number of nitrogens with one attached hydrogen (secondary N) is 1. The minimum absolute atomic E-state index is 0.0591. The third-order valence-electron chi connectivity index (χ3n) is 6.03. The van der Waals surface area contributed by atoms with Crippen molar-refractivity contribution >= 4 is 17.6 Å².